The molecule has 5 nitrogen and oxygen atoms in total. The minimum Gasteiger partial charge on any atom is -0.264 e. The van der Waals surface area contributed by atoms with Crippen LogP contribution in [-0.4, -0.2) is 24.9 Å². The SMILES string of the molecule is Cc1ccccc1CS(=O)(=O)NCCc1csc(-c2cccnc2)n1. The highest BCUT2D eigenvalue weighted by Crippen LogP contribution is 2.22. The third-order valence-corrected chi connectivity index (χ3v) is 6.05. The van der Waals surface area contributed by atoms with Gasteiger partial charge in [-0.25, -0.2) is 18.1 Å². The van der Waals surface area contributed by atoms with E-state index in [0.717, 1.165) is 27.4 Å². The highest BCUT2D eigenvalue weighted by molar-refractivity contribution is 7.88. The van der Waals surface area contributed by atoms with E-state index in [-0.39, 0.29) is 5.75 Å². The maximum absolute atomic E-state index is 12.2. The van der Waals surface area contributed by atoms with Crippen LogP contribution in [0, 0.1) is 6.92 Å². The van der Waals surface area contributed by atoms with Crippen molar-refractivity contribution in [3.63, 3.8) is 0 Å². The molecule has 3 rings (SSSR count). The summed E-state index contributed by atoms with van der Waals surface area (Å²) in [7, 11) is -3.36. The average Bonchev–Trinajstić information content (AvgIpc) is 3.06. The fraction of sp³-hybridized carbons (Fsp3) is 0.222. The Hall–Kier alpha value is -2.09. The molecule has 1 N–H and O–H groups in total. The fourth-order valence-electron chi connectivity index (χ4n) is 2.41. The Morgan fingerprint density at radius 3 is 2.76 bits per heavy atom. The molecule has 0 unspecified atom stereocenters. The highest BCUT2D eigenvalue weighted by atomic mass is 32.2. The Balaban J connectivity index is 1.56. The van der Waals surface area contributed by atoms with Crippen molar-refractivity contribution < 1.29 is 8.42 Å². The number of hydrogen-bond acceptors (Lipinski definition) is 5. The summed E-state index contributed by atoms with van der Waals surface area (Å²) in [5.41, 5.74) is 3.65. The molecule has 25 heavy (non-hydrogen) atoms. The standard InChI is InChI=1S/C18H19N3O2S2/c1-14-5-2-3-6-16(14)13-25(22,23)20-10-8-17-12-24-18(21-17)15-7-4-9-19-11-15/h2-7,9,11-12,20H,8,10,13H2,1H3. The van der Waals surface area contributed by atoms with Gasteiger partial charge in [0.2, 0.25) is 10.0 Å². The number of aryl methyl sites for hydroxylation is 1. The van der Waals surface area contributed by atoms with Gasteiger partial charge in [0.15, 0.2) is 0 Å². The second-order valence-electron chi connectivity index (χ2n) is 5.72. The van der Waals surface area contributed by atoms with Crippen LogP contribution in [0.4, 0.5) is 0 Å². The molecular formula is C18H19N3O2S2. The Morgan fingerprint density at radius 1 is 1.16 bits per heavy atom. The second-order valence-corrected chi connectivity index (χ2v) is 8.38. The van der Waals surface area contributed by atoms with Crippen molar-refractivity contribution >= 4 is 21.4 Å². The number of benzene rings is 1. The van der Waals surface area contributed by atoms with E-state index in [1.165, 1.54) is 11.3 Å². The van der Waals surface area contributed by atoms with Gasteiger partial charge in [-0.2, -0.15) is 0 Å². The van der Waals surface area contributed by atoms with Crippen molar-refractivity contribution in [2.24, 2.45) is 0 Å². The first-order chi connectivity index (χ1) is 12.0. The first kappa shape index (κ1) is 17.7. The number of aromatic nitrogens is 2. The van der Waals surface area contributed by atoms with Gasteiger partial charge in [-0.15, -0.1) is 11.3 Å². The highest BCUT2D eigenvalue weighted by Gasteiger charge is 2.13. The third-order valence-electron chi connectivity index (χ3n) is 3.77. The van der Waals surface area contributed by atoms with E-state index in [0.29, 0.717) is 13.0 Å². The predicted molar refractivity (Wildman–Crippen MR) is 101 cm³/mol. The zero-order valence-corrected chi connectivity index (χ0v) is 15.5. The van der Waals surface area contributed by atoms with Crippen LogP contribution in [0.3, 0.4) is 0 Å². The molecule has 0 aliphatic rings. The minimum absolute atomic E-state index is 0.00231. The number of thiazole rings is 1. The quantitative estimate of drug-likeness (QED) is 0.690. The average molecular weight is 374 g/mol. The molecule has 7 heteroatoms. The van der Waals surface area contributed by atoms with Crippen LogP contribution in [0.5, 0.6) is 0 Å². The molecule has 0 amide bonds. The van der Waals surface area contributed by atoms with Gasteiger partial charge in [0.05, 0.1) is 11.4 Å². The molecule has 1 aromatic carbocycles. The van der Waals surface area contributed by atoms with E-state index in [1.807, 2.05) is 48.7 Å². The summed E-state index contributed by atoms with van der Waals surface area (Å²) in [6, 6.07) is 11.3. The van der Waals surface area contributed by atoms with Crippen molar-refractivity contribution in [1.82, 2.24) is 14.7 Å². The Bertz CT molecular complexity index is 938. The molecule has 2 aromatic heterocycles. The molecule has 0 aliphatic carbocycles. The Labute approximate surface area is 151 Å². The van der Waals surface area contributed by atoms with E-state index < -0.39 is 10.0 Å². The largest absolute Gasteiger partial charge is 0.264 e. The van der Waals surface area contributed by atoms with E-state index >= 15 is 0 Å². The summed E-state index contributed by atoms with van der Waals surface area (Å²) in [4.78, 5) is 8.63. The smallest absolute Gasteiger partial charge is 0.215 e. The zero-order valence-electron chi connectivity index (χ0n) is 13.8. The molecular weight excluding hydrogens is 354 g/mol. The molecule has 130 valence electrons. The summed E-state index contributed by atoms with van der Waals surface area (Å²) in [6.07, 6.45) is 4.05. The van der Waals surface area contributed by atoms with E-state index in [1.54, 1.807) is 12.4 Å². The van der Waals surface area contributed by atoms with E-state index in [9.17, 15) is 8.42 Å². The van der Waals surface area contributed by atoms with E-state index in [4.69, 9.17) is 0 Å². The summed E-state index contributed by atoms with van der Waals surface area (Å²) in [5, 5.41) is 2.85. The van der Waals surface area contributed by atoms with Crippen molar-refractivity contribution in [3.05, 3.63) is 71.0 Å². The molecule has 0 saturated carbocycles. The Morgan fingerprint density at radius 2 is 2.00 bits per heavy atom. The lowest BCUT2D eigenvalue weighted by Gasteiger charge is -2.08. The van der Waals surface area contributed by atoms with Crippen LogP contribution in [0.2, 0.25) is 0 Å². The van der Waals surface area contributed by atoms with Gasteiger partial charge in [-0.3, -0.25) is 4.98 Å². The molecule has 3 aromatic rings. The molecule has 0 radical (unpaired) electrons. The molecule has 0 saturated heterocycles. The van der Waals surface area contributed by atoms with E-state index in [2.05, 4.69) is 14.7 Å². The van der Waals surface area contributed by atoms with Crippen LogP contribution in [0.25, 0.3) is 10.6 Å². The first-order valence-corrected chi connectivity index (χ1v) is 10.4. The topological polar surface area (TPSA) is 72.0 Å². The predicted octanol–water partition coefficient (Wildman–Crippen LogP) is 3.18. The normalized spacial score (nSPS) is 11.6. The summed E-state index contributed by atoms with van der Waals surface area (Å²) in [5.74, 6) is -0.00231. The fourth-order valence-corrected chi connectivity index (χ4v) is 4.50. The lowest BCUT2D eigenvalue weighted by atomic mass is 10.1. The number of pyridine rings is 1. The summed E-state index contributed by atoms with van der Waals surface area (Å²) in [6.45, 7) is 2.25. The van der Waals surface area contributed by atoms with Crippen LogP contribution in [-0.2, 0) is 22.2 Å². The van der Waals surface area contributed by atoms with Crippen LogP contribution >= 0.6 is 11.3 Å². The molecule has 0 bridgehead atoms. The van der Waals surface area contributed by atoms with Gasteiger partial charge in [0.25, 0.3) is 0 Å². The molecule has 2 heterocycles. The number of hydrogen-bond donors (Lipinski definition) is 1. The summed E-state index contributed by atoms with van der Waals surface area (Å²) < 4.78 is 27.1. The van der Waals surface area contributed by atoms with Gasteiger partial charge in [-0.05, 0) is 30.2 Å². The van der Waals surface area contributed by atoms with Gasteiger partial charge in [0.1, 0.15) is 5.01 Å². The van der Waals surface area contributed by atoms with Crippen LogP contribution in [0.15, 0.2) is 54.2 Å². The van der Waals surface area contributed by atoms with Gasteiger partial charge in [0, 0.05) is 36.3 Å². The minimum atomic E-state index is -3.36. The van der Waals surface area contributed by atoms with Crippen LogP contribution in [0.1, 0.15) is 16.8 Å². The van der Waals surface area contributed by atoms with Gasteiger partial charge < -0.3 is 0 Å². The third kappa shape index (κ3) is 4.94. The Kier molecular flexibility index (Phi) is 5.57. The number of sulfonamides is 1. The van der Waals surface area contributed by atoms with Crippen molar-refractivity contribution in [2.45, 2.75) is 19.1 Å². The maximum atomic E-state index is 12.2. The molecule has 0 atom stereocenters. The maximum Gasteiger partial charge on any atom is 0.215 e. The second kappa shape index (κ2) is 7.86. The van der Waals surface area contributed by atoms with Crippen LogP contribution < -0.4 is 4.72 Å². The molecule has 0 spiro atoms. The monoisotopic (exact) mass is 373 g/mol. The van der Waals surface area contributed by atoms with Gasteiger partial charge >= 0.3 is 0 Å². The van der Waals surface area contributed by atoms with Crippen molar-refractivity contribution in [1.29, 1.82) is 0 Å². The lowest BCUT2D eigenvalue weighted by molar-refractivity contribution is 0.580. The first-order valence-electron chi connectivity index (χ1n) is 7.90. The lowest BCUT2D eigenvalue weighted by Crippen LogP contribution is -2.27. The van der Waals surface area contributed by atoms with Crippen molar-refractivity contribution in [3.8, 4) is 10.6 Å². The molecule has 0 aliphatic heterocycles. The summed E-state index contributed by atoms with van der Waals surface area (Å²) >= 11 is 1.54. The number of rotatable bonds is 7. The number of nitrogens with one attached hydrogen (secondary N) is 1. The zero-order chi connectivity index (χ0) is 17.7. The van der Waals surface area contributed by atoms with Gasteiger partial charge in [-0.1, -0.05) is 24.3 Å². The molecule has 0 fully saturated rings. The number of nitrogens with zero attached hydrogens (tertiary/aromatic N) is 2. The van der Waals surface area contributed by atoms with Crippen molar-refractivity contribution in [2.75, 3.05) is 6.54 Å².